The number of carbonyl (C=O) groups excluding carboxylic acids is 1. The van der Waals surface area contributed by atoms with Crippen LogP contribution in [0.25, 0.3) is 0 Å². The molecule has 0 radical (unpaired) electrons. The number of nitrogens with one attached hydrogen (secondary N) is 2. The van der Waals surface area contributed by atoms with Gasteiger partial charge in [0, 0.05) is 6.20 Å². The van der Waals surface area contributed by atoms with E-state index in [4.69, 9.17) is 0 Å². The highest BCUT2D eigenvalue weighted by Gasteiger charge is 2.22. The van der Waals surface area contributed by atoms with Crippen molar-refractivity contribution < 1.29 is 9.90 Å². The van der Waals surface area contributed by atoms with Gasteiger partial charge in [-0.05, 0) is 30.0 Å². The second kappa shape index (κ2) is 8.45. The first kappa shape index (κ1) is 17.9. The van der Waals surface area contributed by atoms with E-state index in [1.54, 1.807) is 6.20 Å². The van der Waals surface area contributed by atoms with Crippen molar-refractivity contribution in [1.29, 1.82) is 0 Å². The molecule has 2 aromatic rings. The number of urea groups is 1. The van der Waals surface area contributed by atoms with Gasteiger partial charge in [0.15, 0.2) is 0 Å². The number of aliphatic hydroxyl groups is 1. The summed E-state index contributed by atoms with van der Waals surface area (Å²) in [6.07, 6.45) is 1.73. The number of hydrogen-bond donors (Lipinski definition) is 3. The Kier molecular flexibility index (Phi) is 6.32. The maximum absolute atomic E-state index is 12.4. The van der Waals surface area contributed by atoms with Crippen LogP contribution < -0.4 is 10.6 Å². The number of aryl methyl sites for hydroxylation is 1. The minimum atomic E-state index is -0.441. The van der Waals surface area contributed by atoms with Gasteiger partial charge < -0.3 is 15.7 Å². The Morgan fingerprint density at radius 3 is 2.42 bits per heavy atom. The lowest BCUT2D eigenvalue weighted by Gasteiger charge is -2.25. The number of nitrogens with zero attached hydrogens (tertiary/aromatic N) is 1. The summed E-state index contributed by atoms with van der Waals surface area (Å²) in [5, 5.41) is 15.4. The summed E-state index contributed by atoms with van der Waals surface area (Å²) in [6.45, 7) is 5.91. The highest BCUT2D eigenvalue weighted by Crippen LogP contribution is 2.22. The molecule has 0 fully saturated rings. The second-order valence-corrected chi connectivity index (χ2v) is 6.19. The summed E-state index contributed by atoms with van der Waals surface area (Å²) in [5.74, 6) is 0.189. The quantitative estimate of drug-likeness (QED) is 0.763. The van der Waals surface area contributed by atoms with Crippen LogP contribution in [0.2, 0.25) is 0 Å². The van der Waals surface area contributed by atoms with Crippen molar-refractivity contribution >= 4 is 6.03 Å². The van der Waals surface area contributed by atoms with Gasteiger partial charge in [0.1, 0.15) is 0 Å². The van der Waals surface area contributed by atoms with Gasteiger partial charge in [0.05, 0.1) is 24.4 Å². The predicted octanol–water partition coefficient (Wildman–Crippen LogP) is 3.12. The molecule has 0 aliphatic heterocycles. The Morgan fingerprint density at radius 1 is 1.12 bits per heavy atom. The lowest BCUT2D eigenvalue weighted by atomic mass is 9.97. The number of rotatable bonds is 6. The average molecular weight is 327 g/mol. The third-order valence-corrected chi connectivity index (χ3v) is 3.99. The number of aliphatic hydroxyl groups excluding tert-OH is 1. The van der Waals surface area contributed by atoms with Crippen LogP contribution in [0.15, 0.2) is 48.7 Å². The van der Waals surface area contributed by atoms with Gasteiger partial charge in [-0.2, -0.15) is 0 Å². The maximum atomic E-state index is 12.4. The molecule has 2 amide bonds. The van der Waals surface area contributed by atoms with Crippen LogP contribution in [0.4, 0.5) is 4.79 Å². The first-order valence-corrected chi connectivity index (χ1v) is 8.17. The lowest BCUT2D eigenvalue weighted by molar-refractivity contribution is 0.211. The van der Waals surface area contributed by atoms with E-state index < -0.39 is 6.04 Å². The first-order valence-electron chi connectivity index (χ1n) is 8.17. The van der Waals surface area contributed by atoms with Crippen molar-refractivity contribution in [3.8, 4) is 0 Å². The third kappa shape index (κ3) is 4.55. The second-order valence-electron chi connectivity index (χ2n) is 6.19. The Labute approximate surface area is 143 Å². The molecule has 0 aliphatic rings. The predicted molar refractivity (Wildman–Crippen MR) is 94.5 cm³/mol. The van der Waals surface area contributed by atoms with Crippen molar-refractivity contribution in [3.63, 3.8) is 0 Å². The van der Waals surface area contributed by atoms with Crippen LogP contribution in [0.1, 0.15) is 42.8 Å². The molecule has 128 valence electrons. The monoisotopic (exact) mass is 327 g/mol. The molecule has 5 heteroatoms. The molecular formula is C19H25N3O2. The van der Waals surface area contributed by atoms with Gasteiger partial charge in [0.2, 0.25) is 0 Å². The van der Waals surface area contributed by atoms with E-state index >= 15 is 0 Å². The van der Waals surface area contributed by atoms with E-state index in [1.165, 1.54) is 0 Å². The van der Waals surface area contributed by atoms with Crippen LogP contribution in [-0.2, 0) is 0 Å². The molecule has 1 heterocycles. The van der Waals surface area contributed by atoms with Crippen LogP contribution in [-0.4, -0.2) is 22.7 Å². The normalized spacial score (nSPS) is 13.4. The lowest BCUT2D eigenvalue weighted by Crippen LogP contribution is -2.42. The molecule has 2 rings (SSSR count). The fraction of sp³-hybridized carbons (Fsp3) is 0.368. The van der Waals surface area contributed by atoms with Crippen molar-refractivity contribution in [1.82, 2.24) is 15.6 Å². The highest BCUT2D eigenvalue weighted by atomic mass is 16.3. The summed E-state index contributed by atoms with van der Waals surface area (Å²) in [6, 6.07) is 12.3. The molecule has 24 heavy (non-hydrogen) atoms. The summed E-state index contributed by atoms with van der Waals surface area (Å²) in [7, 11) is 0. The zero-order valence-electron chi connectivity index (χ0n) is 14.4. The number of pyridine rings is 1. The smallest absolute Gasteiger partial charge is 0.315 e. The molecule has 0 unspecified atom stereocenters. The zero-order valence-corrected chi connectivity index (χ0v) is 14.4. The molecule has 1 aromatic heterocycles. The Morgan fingerprint density at radius 2 is 1.83 bits per heavy atom. The number of hydrogen-bond acceptors (Lipinski definition) is 3. The van der Waals surface area contributed by atoms with E-state index in [1.807, 2.05) is 63.2 Å². The van der Waals surface area contributed by atoms with Gasteiger partial charge in [-0.15, -0.1) is 0 Å². The Bertz CT molecular complexity index is 659. The fourth-order valence-electron chi connectivity index (χ4n) is 2.64. The minimum Gasteiger partial charge on any atom is -0.394 e. The van der Waals surface area contributed by atoms with E-state index in [9.17, 15) is 9.90 Å². The van der Waals surface area contributed by atoms with Crippen molar-refractivity contribution in [2.75, 3.05) is 6.61 Å². The first-order chi connectivity index (χ1) is 11.5. The van der Waals surface area contributed by atoms with Crippen LogP contribution in [0.3, 0.4) is 0 Å². The minimum absolute atomic E-state index is 0.160. The Hall–Kier alpha value is -2.40. The van der Waals surface area contributed by atoms with Crippen LogP contribution >= 0.6 is 0 Å². The SMILES string of the molecule is Cc1cccnc1[C@@H](NC(=O)N[C@H](CO)c1ccccc1)C(C)C. The molecule has 2 atom stereocenters. The topological polar surface area (TPSA) is 74.2 Å². The van der Waals surface area contributed by atoms with Gasteiger partial charge >= 0.3 is 6.03 Å². The van der Waals surface area contributed by atoms with Gasteiger partial charge in [-0.1, -0.05) is 50.2 Å². The molecule has 0 saturated carbocycles. The number of carbonyl (C=O) groups is 1. The number of benzene rings is 1. The summed E-state index contributed by atoms with van der Waals surface area (Å²) in [5.41, 5.74) is 2.77. The van der Waals surface area contributed by atoms with Crippen LogP contribution in [0.5, 0.6) is 0 Å². The third-order valence-electron chi connectivity index (χ3n) is 3.99. The van der Waals surface area contributed by atoms with E-state index in [0.29, 0.717) is 0 Å². The molecular weight excluding hydrogens is 302 g/mol. The molecule has 3 N–H and O–H groups in total. The van der Waals surface area contributed by atoms with Gasteiger partial charge in [-0.25, -0.2) is 4.79 Å². The molecule has 0 spiro atoms. The van der Waals surface area contributed by atoms with Crippen molar-refractivity contribution in [3.05, 3.63) is 65.5 Å². The van der Waals surface area contributed by atoms with Gasteiger partial charge in [-0.3, -0.25) is 4.98 Å². The van der Waals surface area contributed by atoms with Gasteiger partial charge in [0.25, 0.3) is 0 Å². The summed E-state index contributed by atoms with van der Waals surface area (Å²) < 4.78 is 0. The highest BCUT2D eigenvalue weighted by molar-refractivity contribution is 5.75. The molecule has 5 nitrogen and oxygen atoms in total. The zero-order chi connectivity index (χ0) is 17.5. The van der Waals surface area contributed by atoms with Crippen LogP contribution in [0, 0.1) is 12.8 Å². The largest absolute Gasteiger partial charge is 0.394 e. The number of amides is 2. The maximum Gasteiger partial charge on any atom is 0.315 e. The van der Waals surface area contributed by atoms with Crippen molar-refractivity contribution in [2.45, 2.75) is 32.9 Å². The number of aromatic nitrogens is 1. The average Bonchev–Trinajstić information content (AvgIpc) is 2.59. The molecule has 1 aromatic carbocycles. The van der Waals surface area contributed by atoms with E-state index in [0.717, 1.165) is 16.8 Å². The van der Waals surface area contributed by atoms with E-state index in [2.05, 4.69) is 15.6 Å². The molecule has 0 aliphatic carbocycles. The molecule has 0 bridgehead atoms. The Balaban J connectivity index is 2.10. The summed E-state index contributed by atoms with van der Waals surface area (Å²) >= 11 is 0. The summed E-state index contributed by atoms with van der Waals surface area (Å²) in [4.78, 5) is 16.8. The standard InChI is InChI=1S/C19H25N3O2/c1-13(2)17(18-14(3)8-7-11-20-18)22-19(24)21-16(12-23)15-9-5-4-6-10-15/h4-11,13,16-17,23H,12H2,1-3H3,(H2,21,22,24)/t16-,17+/m1/s1. The van der Waals surface area contributed by atoms with E-state index in [-0.39, 0.29) is 24.6 Å². The fourth-order valence-corrected chi connectivity index (χ4v) is 2.64. The molecule has 0 saturated heterocycles. The van der Waals surface area contributed by atoms with Crippen molar-refractivity contribution in [2.24, 2.45) is 5.92 Å².